The smallest absolute Gasteiger partial charge is 0.183 e. The third kappa shape index (κ3) is 3.35. The maximum atomic E-state index is 6.25. The van der Waals surface area contributed by atoms with E-state index in [0.29, 0.717) is 10.7 Å². The lowest BCUT2D eigenvalue weighted by Gasteiger charge is -2.21. The van der Waals surface area contributed by atoms with E-state index in [4.69, 9.17) is 17.3 Å². The minimum absolute atomic E-state index is 0.587. The zero-order valence-electron chi connectivity index (χ0n) is 12.0. The molecule has 0 spiro atoms. The fourth-order valence-electron chi connectivity index (χ4n) is 3.04. The zero-order chi connectivity index (χ0) is 14.7. The lowest BCUT2D eigenvalue weighted by atomic mass is 9.87. The largest absolute Gasteiger partial charge is 0.399 e. The lowest BCUT2D eigenvalue weighted by Crippen LogP contribution is -2.12. The second-order valence-electron chi connectivity index (χ2n) is 5.76. The van der Waals surface area contributed by atoms with Gasteiger partial charge in [0.25, 0.3) is 0 Å². The minimum Gasteiger partial charge on any atom is -0.399 e. The van der Waals surface area contributed by atoms with E-state index in [1.807, 2.05) is 16.8 Å². The van der Waals surface area contributed by atoms with E-state index in [0.717, 1.165) is 30.3 Å². The Hall–Kier alpha value is -1.62. The van der Waals surface area contributed by atoms with Crippen molar-refractivity contribution in [3.05, 3.63) is 23.2 Å². The molecule has 1 heterocycles. The third-order valence-electron chi connectivity index (χ3n) is 4.24. The van der Waals surface area contributed by atoms with Gasteiger partial charge in [-0.3, -0.25) is 0 Å². The number of anilines is 1. The molecule has 3 rings (SSSR count). The Balaban J connectivity index is 1.74. The number of hydrogen-bond donors (Lipinski definition) is 1. The van der Waals surface area contributed by atoms with Crippen molar-refractivity contribution in [2.24, 2.45) is 5.92 Å². The number of nitrogen functional groups attached to an aromatic ring is 1. The van der Waals surface area contributed by atoms with Gasteiger partial charge in [-0.2, -0.15) is 0 Å². The van der Waals surface area contributed by atoms with Gasteiger partial charge >= 0.3 is 0 Å². The summed E-state index contributed by atoms with van der Waals surface area (Å²) >= 11 is 6.25. The molecule has 0 radical (unpaired) electrons. The summed E-state index contributed by atoms with van der Waals surface area (Å²) in [5.41, 5.74) is 7.21. The van der Waals surface area contributed by atoms with E-state index in [1.54, 1.807) is 6.07 Å². The first-order valence-electron chi connectivity index (χ1n) is 7.55. The van der Waals surface area contributed by atoms with Crippen LogP contribution >= 0.6 is 11.6 Å². The lowest BCUT2D eigenvalue weighted by molar-refractivity contribution is 0.318. The van der Waals surface area contributed by atoms with Crippen LogP contribution in [0.15, 0.2) is 18.2 Å². The first-order valence-corrected chi connectivity index (χ1v) is 7.93. The first kappa shape index (κ1) is 14.3. The monoisotopic (exact) mass is 305 g/mol. The predicted molar refractivity (Wildman–Crippen MR) is 83.9 cm³/mol. The molecular formula is C15H20ClN5. The summed E-state index contributed by atoms with van der Waals surface area (Å²) in [6.07, 6.45) is 7.90. The number of hydrogen-bond acceptors (Lipinski definition) is 4. The van der Waals surface area contributed by atoms with Crippen molar-refractivity contribution in [2.45, 2.75) is 45.1 Å². The van der Waals surface area contributed by atoms with Gasteiger partial charge in [0, 0.05) is 17.8 Å². The van der Waals surface area contributed by atoms with E-state index >= 15 is 0 Å². The number of tetrazole rings is 1. The average Bonchev–Trinajstić information content (AvgIpc) is 2.94. The number of aryl methyl sites for hydroxylation is 1. The van der Waals surface area contributed by atoms with Crippen molar-refractivity contribution in [2.75, 3.05) is 5.73 Å². The van der Waals surface area contributed by atoms with Crippen molar-refractivity contribution in [1.82, 2.24) is 20.2 Å². The van der Waals surface area contributed by atoms with Crippen LogP contribution in [0.3, 0.4) is 0 Å². The molecule has 1 fully saturated rings. The minimum atomic E-state index is 0.587. The Kier molecular flexibility index (Phi) is 4.39. The maximum absolute atomic E-state index is 6.25. The summed E-state index contributed by atoms with van der Waals surface area (Å²) in [4.78, 5) is 0. The molecule has 1 aromatic carbocycles. The predicted octanol–water partition coefficient (Wildman–Crippen LogP) is 3.55. The van der Waals surface area contributed by atoms with E-state index < -0.39 is 0 Å². The van der Waals surface area contributed by atoms with Gasteiger partial charge in [-0.25, -0.2) is 4.68 Å². The van der Waals surface area contributed by atoms with Crippen molar-refractivity contribution in [3.63, 3.8) is 0 Å². The quantitative estimate of drug-likeness (QED) is 0.877. The van der Waals surface area contributed by atoms with Crippen LogP contribution in [0.1, 0.15) is 38.5 Å². The Morgan fingerprint density at radius 3 is 2.81 bits per heavy atom. The number of halogens is 1. The molecule has 0 unspecified atom stereocenters. The Morgan fingerprint density at radius 2 is 2.05 bits per heavy atom. The van der Waals surface area contributed by atoms with E-state index in [2.05, 4.69) is 15.5 Å². The second-order valence-corrected chi connectivity index (χ2v) is 6.16. The molecule has 1 aliphatic carbocycles. The number of benzene rings is 1. The molecule has 2 aromatic rings. The molecule has 5 nitrogen and oxygen atoms in total. The molecule has 1 saturated carbocycles. The standard InChI is InChI=1S/C15H20ClN5/c16-14-10-12(17)6-7-13(14)15-18-19-20-21(15)9-8-11-4-2-1-3-5-11/h6-7,10-11H,1-5,8-9,17H2. The summed E-state index contributed by atoms with van der Waals surface area (Å²) in [5, 5.41) is 12.6. The normalized spacial score (nSPS) is 16.2. The Labute approximate surface area is 129 Å². The van der Waals surface area contributed by atoms with Gasteiger partial charge in [0.2, 0.25) is 0 Å². The number of aromatic nitrogens is 4. The summed E-state index contributed by atoms with van der Waals surface area (Å²) in [5.74, 6) is 1.52. The average molecular weight is 306 g/mol. The summed E-state index contributed by atoms with van der Waals surface area (Å²) in [6, 6.07) is 5.43. The second kappa shape index (κ2) is 6.43. The SMILES string of the molecule is Nc1ccc(-c2nnnn2CCC2CCCCC2)c(Cl)c1. The highest BCUT2D eigenvalue weighted by molar-refractivity contribution is 6.33. The molecule has 2 N–H and O–H groups in total. The fraction of sp³-hybridized carbons (Fsp3) is 0.533. The molecule has 21 heavy (non-hydrogen) atoms. The maximum Gasteiger partial charge on any atom is 0.183 e. The van der Waals surface area contributed by atoms with Gasteiger partial charge < -0.3 is 5.73 Å². The van der Waals surface area contributed by atoms with Gasteiger partial charge in [0.1, 0.15) is 0 Å². The molecule has 0 atom stereocenters. The van der Waals surface area contributed by atoms with Crippen LogP contribution in [0, 0.1) is 5.92 Å². The van der Waals surface area contributed by atoms with Gasteiger partial charge in [-0.05, 0) is 41.0 Å². The van der Waals surface area contributed by atoms with E-state index in [9.17, 15) is 0 Å². The van der Waals surface area contributed by atoms with Crippen LogP contribution in [0.5, 0.6) is 0 Å². The van der Waals surface area contributed by atoms with Crippen molar-refractivity contribution in [1.29, 1.82) is 0 Å². The zero-order valence-corrected chi connectivity index (χ0v) is 12.8. The van der Waals surface area contributed by atoms with E-state index in [-0.39, 0.29) is 0 Å². The van der Waals surface area contributed by atoms with Crippen molar-refractivity contribution >= 4 is 17.3 Å². The van der Waals surface area contributed by atoms with Gasteiger partial charge in [-0.15, -0.1) is 5.10 Å². The highest BCUT2D eigenvalue weighted by Crippen LogP contribution is 2.29. The number of nitrogens with two attached hydrogens (primary N) is 1. The summed E-state index contributed by atoms with van der Waals surface area (Å²) in [6.45, 7) is 0.841. The molecule has 0 saturated heterocycles. The topological polar surface area (TPSA) is 69.6 Å². The first-order chi connectivity index (χ1) is 10.2. The number of nitrogens with zero attached hydrogens (tertiary/aromatic N) is 4. The van der Waals surface area contributed by atoms with Crippen molar-refractivity contribution < 1.29 is 0 Å². The fourth-order valence-corrected chi connectivity index (χ4v) is 3.32. The van der Waals surface area contributed by atoms with Crippen LogP contribution in [-0.4, -0.2) is 20.2 Å². The summed E-state index contributed by atoms with van der Waals surface area (Å²) < 4.78 is 1.85. The molecule has 1 aromatic heterocycles. The van der Waals surface area contributed by atoms with Gasteiger partial charge in [-0.1, -0.05) is 43.7 Å². The highest BCUT2D eigenvalue weighted by Gasteiger charge is 2.16. The van der Waals surface area contributed by atoms with Crippen LogP contribution in [0.4, 0.5) is 5.69 Å². The van der Waals surface area contributed by atoms with Gasteiger partial charge in [0.05, 0.1) is 5.02 Å². The van der Waals surface area contributed by atoms with Crippen LogP contribution in [0.2, 0.25) is 5.02 Å². The van der Waals surface area contributed by atoms with Crippen LogP contribution in [-0.2, 0) is 6.54 Å². The van der Waals surface area contributed by atoms with Gasteiger partial charge in [0.15, 0.2) is 5.82 Å². The third-order valence-corrected chi connectivity index (χ3v) is 4.55. The highest BCUT2D eigenvalue weighted by atomic mass is 35.5. The molecular weight excluding hydrogens is 286 g/mol. The van der Waals surface area contributed by atoms with Crippen LogP contribution < -0.4 is 5.73 Å². The van der Waals surface area contributed by atoms with E-state index in [1.165, 1.54) is 32.1 Å². The molecule has 112 valence electrons. The Morgan fingerprint density at radius 1 is 1.24 bits per heavy atom. The number of rotatable bonds is 4. The summed E-state index contributed by atoms with van der Waals surface area (Å²) in [7, 11) is 0. The van der Waals surface area contributed by atoms with Crippen molar-refractivity contribution in [3.8, 4) is 11.4 Å². The Bertz CT molecular complexity index is 604. The van der Waals surface area contributed by atoms with Crippen LogP contribution in [0.25, 0.3) is 11.4 Å². The molecule has 0 aliphatic heterocycles. The molecule has 1 aliphatic rings. The molecule has 0 bridgehead atoms. The molecule has 6 heteroatoms. The molecule has 0 amide bonds.